The summed E-state index contributed by atoms with van der Waals surface area (Å²) < 4.78 is 0. The molecule has 4 rings (SSSR count). The van der Waals surface area contributed by atoms with Crippen molar-refractivity contribution in [2.75, 3.05) is 29.9 Å². The first kappa shape index (κ1) is 19.1. The molecule has 0 unspecified atom stereocenters. The molecule has 0 radical (unpaired) electrons. The highest BCUT2D eigenvalue weighted by Gasteiger charge is 2.22. The fourth-order valence-electron chi connectivity index (χ4n) is 4.00. The van der Waals surface area contributed by atoms with Crippen LogP contribution < -0.4 is 10.2 Å². The lowest BCUT2D eigenvalue weighted by molar-refractivity contribution is -0.117. The third-order valence-corrected chi connectivity index (χ3v) is 6.20. The standard InChI is InChI=1S/C21H26N4O2S/c1-15-5-3-9-24(12-15)13-17-14-28-21(22-17)23-20(27)16-6-2-7-18(11-16)25-10-4-8-19(25)26/h2,6-7,11,14-15H,3-5,8-10,12-13H2,1H3,(H,22,23,27)/t15-/m0/s1. The summed E-state index contributed by atoms with van der Waals surface area (Å²) in [6, 6.07) is 7.24. The van der Waals surface area contributed by atoms with Crippen molar-refractivity contribution in [1.29, 1.82) is 0 Å². The number of likely N-dealkylation sites (tertiary alicyclic amines) is 1. The van der Waals surface area contributed by atoms with Gasteiger partial charge in [-0.05, 0) is 49.9 Å². The lowest BCUT2D eigenvalue weighted by Crippen LogP contribution is -2.33. The Hall–Kier alpha value is -2.25. The van der Waals surface area contributed by atoms with Gasteiger partial charge in [-0.1, -0.05) is 13.0 Å². The van der Waals surface area contributed by atoms with Crippen LogP contribution >= 0.6 is 11.3 Å². The SMILES string of the molecule is C[C@H]1CCCN(Cc2csc(NC(=O)c3cccc(N4CCCC4=O)c3)n2)C1. The van der Waals surface area contributed by atoms with E-state index in [0.717, 1.165) is 49.9 Å². The van der Waals surface area contributed by atoms with Crippen LogP contribution in [0.3, 0.4) is 0 Å². The number of nitrogens with one attached hydrogen (secondary N) is 1. The van der Waals surface area contributed by atoms with E-state index < -0.39 is 0 Å². The second kappa shape index (κ2) is 8.41. The van der Waals surface area contributed by atoms with Gasteiger partial charge in [-0.25, -0.2) is 4.98 Å². The minimum absolute atomic E-state index is 0.120. The first-order valence-corrected chi connectivity index (χ1v) is 10.8. The Labute approximate surface area is 169 Å². The van der Waals surface area contributed by atoms with Crippen molar-refractivity contribution in [3.05, 3.63) is 40.9 Å². The van der Waals surface area contributed by atoms with E-state index in [2.05, 4.69) is 22.1 Å². The van der Waals surface area contributed by atoms with Crippen molar-refractivity contribution in [3.63, 3.8) is 0 Å². The van der Waals surface area contributed by atoms with Crippen molar-refractivity contribution in [1.82, 2.24) is 9.88 Å². The summed E-state index contributed by atoms with van der Waals surface area (Å²) in [5.41, 5.74) is 2.33. The molecule has 1 N–H and O–H groups in total. The summed E-state index contributed by atoms with van der Waals surface area (Å²) in [6.07, 6.45) is 3.99. The highest BCUT2D eigenvalue weighted by molar-refractivity contribution is 7.14. The Morgan fingerprint density at radius 3 is 3.00 bits per heavy atom. The summed E-state index contributed by atoms with van der Waals surface area (Å²) in [7, 11) is 0. The number of benzene rings is 1. The number of carbonyl (C=O) groups excluding carboxylic acids is 2. The van der Waals surface area contributed by atoms with E-state index in [1.165, 1.54) is 24.2 Å². The Morgan fingerprint density at radius 2 is 2.21 bits per heavy atom. The molecule has 7 heteroatoms. The highest BCUT2D eigenvalue weighted by Crippen LogP contribution is 2.24. The number of piperidine rings is 1. The van der Waals surface area contributed by atoms with Crippen molar-refractivity contribution >= 4 is 34.0 Å². The van der Waals surface area contributed by atoms with Gasteiger partial charge < -0.3 is 4.90 Å². The molecule has 148 valence electrons. The van der Waals surface area contributed by atoms with Crippen LogP contribution in [0.5, 0.6) is 0 Å². The number of nitrogens with zero attached hydrogens (tertiary/aromatic N) is 3. The molecule has 1 atom stereocenters. The van der Waals surface area contributed by atoms with Gasteiger partial charge in [0.05, 0.1) is 5.69 Å². The zero-order chi connectivity index (χ0) is 19.5. The second-order valence-electron chi connectivity index (χ2n) is 7.78. The van der Waals surface area contributed by atoms with Crippen LogP contribution in [-0.4, -0.2) is 41.3 Å². The topological polar surface area (TPSA) is 65.5 Å². The molecular formula is C21H26N4O2S. The summed E-state index contributed by atoms with van der Waals surface area (Å²) >= 11 is 1.46. The van der Waals surface area contributed by atoms with E-state index in [9.17, 15) is 9.59 Å². The number of rotatable bonds is 5. The molecule has 6 nitrogen and oxygen atoms in total. The first-order chi connectivity index (χ1) is 13.6. The van der Waals surface area contributed by atoms with Crippen LogP contribution in [0, 0.1) is 5.92 Å². The summed E-state index contributed by atoms with van der Waals surface area (Å²) in [5, 5.41) is 5.54. The summed E-state index contributed by atoms with van der Waals surface area (Å²) in [5.74, 6) is 0.663. The van der Waals surface area contributed by atoms with Crippen molar-refractivity contribution in [3.8, 4) is 0 Å². The predicted octanol–water partition coefficient (Wildman–Crippen LogP) is 3.75. The molecule has 1 aromatic heterocycles. The van der Waals surface area contributed by atoms with Gasteiger partial charge in [-0.3, -0.25) is 19.8 Å². The maximum Gasteiger partial charge on any atom is 0.257 e. The van der Waals surface area contributed by atoms with Gasteiger partial charge in [0.25, 0.3) is 5.91 Å². The Balaban J connectivity index is 1.39. The molecule has 0 aliphatic carbocycles. The monoisotopic (exact) mass is 398 g/mol. The third kappa shape index (κ3) is 4.42. The maximum absolute atomic E-state index is 12.6. The van der Waals surface area contributed by atoms with Gasteiger partial charge in [0, 0.05) is 42.7 Å². The number of thiazole rings is 1. The van der Waals surface area contributed by atoms with E-state index in [0.29, 0.717) is 17.1 Å². The average molecular weight is 399 g/mol. The van der Waals surface area contributed by atoms with E-state index in [1.807, 2.05) is 17.5 Å². The number of carbonyl (C=O) groups is 2. The van der Waals surface area contributed by atoms with Crippen LogP contribution in [-0.2, 0) is 11.3 Å². The number of anilines is 2. The number of hydrogen-bond donors (Lipinski definition) is 1. The molecule has 3 heterocycles. The lowest BCUT2D eigenvalue weighted by Gasteiger charge is -2.30. The molecule has 0 spiro atoms. The van der Waals surface area contributed by atoms with E-state index in [4.69, 9.17) is 0 Å². The molecule has 2 aliphatic rings. The quantitative estimate of drug-likeness (QED) is 0.833. The van der Waals surface area contributed by atoms with Crippen LogP contribution in [0.1, 0.15) is 48.7 Å². The highest BCUT2D eigenvalue weighted by atomic mass is 32.1. The van der Waals surface area contributed by atoms with Gasteiger partial charge in [0.15, 0.2) is 5.13 Å². The van der Waals surface area contributed by atoms with E-state index in [-0.39, 0.29) is 11.8 Å². The van der Waals surface area contributed by atoms with E-state index in [1.54, 1.807) is 17.0 Å². The first-order valence-electron chi connectivity index (χ1n) is 9.97. The zero-order valence-corrected chi connectivity index (χ0v) is 17.0. The minimum atomic E-state index is -0.194. The molecule has 2 aromatic rings. The molecule has 0 bridgehead atoms. The molecule has 1 aromatic carbocycles. The van der Waals surface area contributed by atoms with Crippen LogP contribution in [0.2, 0.25) is 0 Å². The molecule has 2 fully saturated rings. The van der Waals surface area contributed by atoms with Crippen molar-refractivity contribution in [2.45, 2.75) is 39.2 Å². The summed E-state index contributed by atoms with van der Waals surface area (Å²) in [6.45, 7) is 6.08. The fourth-order valence-corrected chi connectivity index (χ4v) is 4.70. The van der Waals surface area contributed by atoms with Gasteiger partial charge in [-0.15, -0.1) is 11.3 Å². The van der Waals surface area contributed by atoms with Crippen molar-refractivity contribution in [2.24, 2.45) is 5.92 Å². The molecule has 2 amide bonds. The Bertz CT molecular complexity index is 866. The van der Waals surface area contributed by atoms with Crippen LogP contribution in [0.4, 0.5) is 10.8 Å². The lowest BCUT2D eigenvalue weighted by atomic mass is 10.0. The Kier molecular flexibility index (Phi) is 5.73. The summed E-state index contributed by atoms with van der Waals surface area (Å²) in [4.78, 5) is 33.4. The third-order valence-electron chi connectivity index (χ3n) is 5.39. The van der Waals surface area contributed by atoms with Gasteiger partial charge in [0.1, 0.15) is 0 Å². The smallest absolute Gasteiger partial charge is 0.257 e. The van der Waals surface area contributed by atoms with Gasteiger partial charge in [-0.2, -0.15) is 0 Å². The molecule has 0 saturated carbocycles. The molecule has 2 aliphatic heterocycles. The molecular weight excluding hydrogens is 372 g/mol. The van der Waals surface area contributed by atoms with Crippen molar-refractivity contribution < 1.29 is 9.59 Å². The number of amides is 2. The average Bonchev–Trinajstić information content (AvgIpc) is 3.30. The maximum atomic E-state index is 12.6. The van der Waals surface area contributed by atoms with Crippen LogP contribution in [0.15, 0.2) is 29.6 Å². The number of hydrogen-bond acceptors (Lipinski definition) is 5. The second-order valence-corrected chi connectivity index (χ2v) is 8.64. The molecule has 2 saturated heterocycles. The minimum Gasteiger partial charge on any atom is -0.312 e. The normalized spacial score (nSPS) is 20.5. The molecule has 28 heavy (non-hydrogen) atoms. The number of aromatic nitrogens is 1. The predicted molar refractivity (Wildman–Crippen MR) is 112 cm³/mol. The zero-order valence-electron chi connectivity index (χ0n) is 16.2. The van der Waals surface area contributed by atoms with E-state index >= 15 is 0 Å². The van der Waals surface area contributed by atoms with Crippen LogP contribution in [0.25, 0.3) is 0 Å². The fraction of sp³-hybridized carbons (Fsp3) is 0.476. The van der Waals surface area contributed by atoms with Gasteiger partial charge >= 0.3 is 0 Å². The Morgan fingerprint density at radius 1 is 1.32 bits per heavy atom. The largest absolute Gasteiger partial charge is 0.312 e. The van der Waals surface area contributed by atoms with Gasteiger partial charge in [0.2, 0.25) is 5.91 Å².